The third-order valence-electron chi connectivity index (χ3n) is 4.25. The SMILES string of the molecule is COCCn1c(SCc2cccc3cccnc23)nnc1-c1ccncc1. The van der Waals surface area contributed by atoms with Gasteiger partial charge < -0.3 is 4.74 Å². The van der Waals surface area contributed by atoms with Crippen LogP contribution in [0.5, 0.6) is 0 Å². The molecule has 3 heterocycles. The molecule has 27 heavy (non-hydrogen) atoms. The predicted octanol–water partition coefficient (Wildman–Crippen LogP) is 3.83. The zero-order valence-electron chi connectivity index (χ0n) is 14.9. The van der Waals surface area contributed by atoms with Gasteiger partial charge in [-0.25, -0.2) is 0 Å². The fraction of sp³-hybridized carbons (Fsp3) is 0.200. The number of thioether (sulfide) groups is 1. The summed E-state index contributed by atoms with van der Waals surface area (Å²) in [6.45, 7) is 1.29. The quantitative estimate of drug-likeness (QED) is 0.456. The van der Waals surface area contributed by atoms with Gasteiger partial charge in [0.25, 0.3) is 0 Å². The van der Waals surface area contributed by atoms with Crippen molar-refractivity contribution in [1.29, 1.82) is 0 Å². The fourth-order valence-electron chi connectivity index (χ4n) is 2.92. The standard InChI is InChI=1S/C20H19N5OS/c1-26-13-12-25-19(16-7-10-21-11-8-16)23-24-20(25)27-14-17-5-2-4-15-6-3-9-22-18(15)17/h2-11H,12-14H2,1H3. The minimum atomic E-state index is 0.597. The number of fused-ring (bicyclic) bond motifs is 1. The predicted molar refractivity (Wildman–Crippen MR) is 106 cm³/mol. The van der Waals surface area contributed by atoms with Gasteiger partial charge in [0.15, 0.2) is 11.0 Å². The lowest BCUT2D eigenvalue weighted by Gasteiger charge is -2.10. The van der Waals surface area contributed by atoms with E-state index in [0.29, 0.717) is 13.2 Å². The van der Waals surface area contributed by atoms with Gasteiger partial charge in [0, 0.05) is 42.4 Å². The Balaban J connectivity index is 1.62. The molecule has 0 amide bonds. The van der Waals surface area contributed by atoms with Crippen molar-refractivity contribution in [3.05, 3.63) is 66.6 Å². The van der Waals surface area contributed by atoms with Crippen LogP contribution in [0.1, 0.15) is 5.56 Å². The van der Waals surface area contributed by atoms with E-state index in [4.69, 9.17) is 4.74 Å². The number of ether oxygens (including phenoxy) is 1. The molecule has 0 radical (unpaired) electrons. The van der Waals surface area contributed by atoms with Crippen molar-refractivity contribution in [3.63, 3.8) is 0 Å². The van der Waals surface area contributed by atoms with Crippen molar-refractivity contribution in [2.45, 2.75) is 17.5 Å². The van der Waals surface area contributed by atoms with Gasteiger partial charge >= 0.3 is 0 Å². The minimum Gasteiger partial charge on any atom is -0.383 e. The fourth-order valence-corrected chi connectivity index (χ4v) is 3.87. The summed E-state index contributed by atoms with van der Waals surface area (Å²) >= 11 is 1.66. The van der Waals surface area contributed by atoms with Crippen molar-refractivity contribution in [1.82, 2.24) is 24.7 Å². The molecular weight excluding hydrogens is 358 g/mol. The Morgan fingerprint density at radius 2 is 1.85 bits per heavy atom. The molecule has 0 aliphatic heterocycles. The maximum absolute atomic E-state index is 5.27. The molecule has 0 atom stereocenters. The van der Waals surface area contributed by atoms with E-state index in [1.807, 2.05) is 24.4 Å². The highest BCUT2D eigenvalue weighted by molar-refractivity contribution is 7.98. The first-order valence-electron chi connectivity index (χ1n) is 8.65. The first-order chi connectivity index (χ1) is 13.4. The highest BCUT2D eigenvalue weighted by Crippen LogP contribution is 2.28. The molecule has 0 saturated heterocycles. The van der Waals surface area contributed by atoms with Gasteiger partial charge in [-0.1, -0.05) is 36.0 Å². The second-order valence-corrected chi connectivity index (χ2v) is 6.91. The number of methoxy groups -OCH3 is 1. The van der Waals surface area contributed by atoms with Gasteiger partial charge in [-0.15, -0.1) is 10.2 Å². The number of para-hydroxylation sites is 1. The normalized spacial score (nSPS) is 11.1. The lowest BCUT2D eigenvalue weighted by atomic mass is 10.1. The molecule has 136 valence electrons. The van der Waals surface area contributed by atoms with Crippen LogP contribution in [0.3, 0.4) is 0 Å². The van der Waals surface area contributed by atoms with Crippen LogP contribution in [0.2, 0.25) is 0 Å². The summed E-state index contributed by atoms with van der Waals surface area (Å²) in [4.78, 5) is 8.62. The monoisotopic (exact) mass is 377 g/mol. The van der Waals surface area contributed by atoms with Gasteiger partial charge in [-0.3, -0.25) is 14.5 Å². The maximum Gasteiger partial charge on any atom is 0.191 e. The number of hydrogen-bond acceptors (Lipinski definition) is 6. The average molecular weight is 377 g/mol. The van der Waals surface area contributed by atoms with E-state index in [1.165, 1.54) is 5.56 Å². The summed E-state index contributed by atoms with van der Waals surface area (Å²) in [6, 6.07) is 14.2. The highest BCUT2D eigenvalue weighted by atomic mass is 32.2. The van der Waals surface area contributed by atoms with E-state index in [-0.39, 0.29) is 0 Å². The van der Waals surface area contributed by atoms with Crippen molar-refractivity contribution in [2.75, 3.05) is 13.7 Å². The Kier molecular flexibility index (Phi) is 5.41. The van der Waals surface area contributed by atoms with Crippen LogP contribution in [-0.4, -0.2) is 38.4 Å². The molecule has 0 aliphatic carbocycles. The van der Waals surface area contributed by atoms with E-state index in [9.17, 15) is 0 Å². The molecule has 0 aliphatic rings. The Morgan fingerprint density at radius 1 is 1.00 bits per heavy atom. The molecule has 0 spiro atoms. The van der Waals surface area contributed by atoms with Crippen LogP contribution in [0.25, 0.3) is 22.3 Å². The van der Waals surface area contributed by atoms with Crippen LogP contribution in [0, 0.1) is 0 Å². The Labute approximate surface area is 161 Å². The van der Waals surface area contributed by atoms with Crippen LogP contribution in [0.15, 0.2) is 66.2 Å². The van der Waals surface area contributed by atoms with E-state index >= 15 is 0 Å². The lowest BCUT2D eigenvalue weighted by Crippen LogP contribution is -2.07. The van der Waals surface area contributed by atoms with E-state index in [2.05, 4.69) is 49.0 Å². The van der Waals surface area contributed by atoms with E-state index in [0.717, 1.165) is 33.2 Å². The molecular formula is C20H19N5OS. The molecule has 0 N–H and O–H groups in total. The summed E-state index contributed by atoms with van der Waals surface area (Å²) in [7, 11) is 1.70. The zero-order valence-corrected chi connectivity index (χ0v) is 15.8. The van der Waals surface area contributed by atoms with Crippen molar-refractivity contribution in [3.8, 4) is 11.4 Å². The first kappa shape index (κ1) is 17.6. The second kappa shape index (κ2) is 8.28. The third-order valence-corrected chi connectivity index (χ3v) is 5.26. The molecule has 7 heteroatoms. The van der Waals surface area contributed by atoms with Gasteiger partial charge in [0.05, 0.1) is 18.7 Å². The van der Waals surface area contributed by atoms with Gasteiger partial charge in [0.2, 0.25) is 0 Å². The summed E-state index contributed by atoms with van der Waals surface area (Å²) in [5.74, 6) is 1.60. The molecule has 0 fully saturated rings. The summed E-state index contributed by atoms with van der Waals surface area (Å²) < 4.78 is 7.37. The van der Waals surface area contributed by atoms with Gasteiger partial charge in [0.1, 0.15) is 0 Å². The van der Waals surface area contributed by atoms with Crippen molar-refractivity contribution < 1.29 is 4.74 Å². The highest BCUT2D eigenvalue weighted by Gasteiger charge is 2.15. The topological polar surface area (TPSA) is 65.7 Å². The Bertz CT molecular complexity index is 1030. The van der Waals surface area contributed by atoms with Crippen LogP contribution < -0.4 is 0 Å². The zero-order chi connectivity index (χ0) is 18.5. The van der Waals surface area contributed by atoms with Crippen LogP contribution in [-0.2, 0) is 17.0 Å². The summed E-state index contributed by atoms with van der Waals surface area (Å²) in [6.07, 6.45) is 5.36. The third kappa shape index (κ3) is 3.84. The van der Waals surface area contributed by atoms with Gasteiger partial charge in [-0.05, 0) is 23.8 Å². The van der Waals surface area contributed by atoms with Crippen LogP contribution in [0.4, 0.5) is 0 Å². The number of benzene rings is 1. The molecule has 0 bridgehead atoms. The summed E-state index contributed by atoms with van der Waals surface area (Å²) in [5.41, 5.74) is 3.21. The largest absolute Gasteiger partial charge is 0.383 e. The van der Waals surface area contributed by atoms with E-state index < -0.39 is 0 Å². The average Bonchev–Trinajstić information content (AvgIpc) is 3.14. The number of rotatable bonds is 7. The Hall–Kier alpha value is -2.77. The Morgan fingerprint density at radius 3 is 2.70 bits per heavy atom. The van der Waals surface area contributed by atoms with Gasteiger partial charge in [-0.2, -0.15) is 0 Å². The van der Waals surface area contributed by atoms with Crippen molar-refractivity contribution >= 4 is 22.7 Å². The molecule has 1 aromatic carbocycles. The molecule has 0 saturated carbocycles. The summed E-state index contributed by atoms with van der Waals surface area (Å²) in [5, 5.41) is 10.8. The molecule has 4 aromatic rings. The number of pyridine rings is 2. The lowest BCUT2D eigenvalue weighted by molar-refractivity contribution is 0.185. The molecule has 4 rings (SSSR count). The minimum absolute atomic E-state index is 0.597. The number of aromatic nitrogens is 5. The number of nitrogens with zero attached hydrogens (tertiary/aromatic N) is 5. The number of hydrogen-bond donors (Lipinski definition) is 0. The molecule has 3 aromatic heterocycles. The first-order valence-corrected chi connectivity index (χ1v) is 9.63. The smallest absolute Gasteiger partial charge is 0.191 e. The van der Waals surface area contributed by atoms with Crippen molar-refractivity contribution in [2.24, 2.45) is 0 Å². The maximum atomic E-state index is 5.27. The molecule has 0 unspecified atom stereocenters. The van der Waals surface area contributed by atoms with Crippen LogP contribution >= 0.6 is 11.8 Å². The second-order valence-electron chi connectivity index (χ2n) is 5.97. The molecule has 6 nitrogen and oxygen atoms in total. The van der Waals surface area contributed by atoms with E-state index in [1.54, 1.807) is 31.3 Å².